The van der Waals surface area contributed by atoms with Gasteiger partial charge in [-0.2, -0.15) is 5.01 Å². The van der Waals surface area contributed by atoms with Crippen molar-refractivity contribution >= 4 is 6.03 Å². The van der Waals surface area contributed by atoms with E-state index in [0.29, 0.717) is 5.01 Å². The van der Waals surface area contributed by atoms with Gasteiger partial charge in [0.15, 0.2) is 12.1 Å². The van der Waals surface area contributed by atoms with E-state index in [4.69, 9.17) is 14.2 Å². The molecule has 5 atom stereocenters. The van der Waals surface area contributed by atoms with Crippen LogP contribution in [0.15, 0.2) is 5.29 Å². The number of carbonyl (C=O) groups excluding carboxylic acids is 1. The predicted molar refractivity (Wildman–Crippen MR) is 67.7 cm³/mol. The van der Waals surface area contributed by atoms with E-state index < -0.39 is 42.5 Å². The molecule has 0 saturated carbocycles. The number of ether oxygens (including phenoxy) is 3. The monoisotopic (exact) mass is 305 g/mol. The van der Waals surface area contributed by atoms with Crippen molar-refractivity contribution < 1.29 is 29.2 Å². The number of amides is 2. The number of hydrogen-bond acceptors (Lipinski definition) is 8. The lowest BCUT2D eigenvalue weighted by Gasteiger charge is -2.26. The molecule has 2 fully saturated rings. The van der Waals surface area contributed by atoms with Gasteiger partial charge < -0.3 is 29.7 Å². The van der Waals surface area contributed by atoms with Gasteiger partial charge in [-0.1, -0.05) is 0 Å². The molecular formula is C11H19N3O7. The van der Waals surface area contributed by atoms with E-state index in [1.807, 2.05) is 0 Å². The standard InChI is InChI=1S/C11H19N3O7/c1-11(2)20-8-6(16)7(19-9(8)21-11)5(15)4-12-10(17)14(3)13-18/h5-9,15-16H,4H2,1-3H3,(H,12,17)/t5-,6+,7-,8-,9-/m1/s1. The lowest BCUT2D eigenvalue weighted by atomic mass is 10.1. The van der Waals surface area contributed by atoms with Gasteiger partial charge in [0.2, 0.25) is 0 Å². The number of nitroso groups, excluding NO2 is 1. The average molecular weight is 305 g/mol. The minimum Gasteiger partial charge on any atom is -0.388 e. The maximum Gasteiger partial charge on any atom is 0.340 e. The Morgan fingerprint density at radius 1 is 1.48 bits per heavy atom. The SMILES string of the molecule is CN(N=O)C(=O)NC[C@@H](O)[C@H]1O[C@@H]2OC(C)(C)O[C@@H]2[C@H]1O. The van der Waals surface area contributed by atoms with Crippen molar-refractivity contribution in [2.45, 2.75) is 50.3 Å². The molecule has 2 saturated heterocycles. The quantitative estimate of drug-likeness (QED) is 0.444. The van der Waals surface area contributed by atoms with Crippen molar-refractivity contribution in [2.24, 2.45) is 5.29 Å². The molecule has 2 amide bonds. The molecule has 0 aromatic heterocycles. The summed E-state index contributed by atoms with van der Waals surface area (Å²) in [6.45, 7) is 3.16. The first-order valence-corrected chi connectivity index (χ1v) is 6.47. The van der Waals surface area contributed by atoms with Gasteiger partial charge in [0, 0.05) is 13.6 Å². The molecule has 0 aromatic rings. The van der Waals surface area contributed by atoms with Crippen LogP contribution in [0.3, 0.4) is 0 Å². The summed E-state index contributed by atoms with van der Waals surface area (Å²) in [5.74, 6) is -0.862. The first-order chi connectivity index (χ1) is 9.75. The molecule has 2 heterocycles. The van der Waals surface area contributed by atoms with Gasteiger partial charge in [0.1, 0.15) is 24.4 Å². The second kappa shape index (κ2) is 5.81. The smallest absolute Gasteiger partial charge is 0.340 e. The second-order valence-electron chi connectivity index (χ2n) is 5.42. The van der Waals surface area contributed by atoms with E-state index in [-0.39, 0.29) is 6.54 Å². The predicted octanol–water partition coefficient (Wildman–Crippen LogP) is -1.09. The molecule has 0 bridgehead atoms. The zero-order valence-electron chi connectivity index (χ0n) is 11.9. The Kier molecular flexibility index (Phi) is 4.44. The van der Waals surface area contributed by atoms with E-state index in [2.05, 4.69) is 10.6 Å². The summed E-state index contributed by atoms with van der Waals surface area (Å²) in [7, 11) is 1.17. The zero-order valence-corrected chi connectivity index (χ0v) is 11.9. The summed E-state index contributed by atoms with van der Waals surface area (Å²) in [6, 6.07) is -0.773. The lowest BCUT2D eigenvalue weighted by Crippen LogP contribution is -2.47. The number of nitrogens with one attached hydrogen (secondary N) is 1. The van der Waals surface area contributed by atoms with Crippen LogP contribution in [0, 0.1) is 4.91 Å². The van der Waals surface area contributed by atoms with Crippen LogP contribution in [-0.2, 0) is 14.2 Å². The first-order valence-electron chi connectivity index (χ1n) is 6.47. The molecule has 2 aliphatic heterocycles. The van der Waals surface area contributed by atoms with Crippen molar-refractivity contribution in [1.82, 2.24) is 10.3 Å². The number of fused-ring (bicyclic) bond motifs is 1. The molecule has 2 rings (SSSR count). The fourth-order valence-electron chi connectivity index (χ4n) is 2.29. The van der Waals surface area contributed by atoms with Gasteiger partial charge in [0.25, 0.3) is 0 Å². The van der Waals surface area contributed by atoms with E-state index in [1.54, 1.807) is 13.8 Å². The Bertz CT molecular complexity index is 419. The van der Waals surface area contributed by atoms with Crippen molar-refractivity contribution in [2.75, 3.05) is 13.6 Å². The van der Waals surface area contributed by atoms with Crippen molar-refractivity contribution in [3.05, 3.63) is 4.91 Å². The van der Waals surface area contributed by atoms with Crippen LogP contribution in [0.25, 0.3) is 0 Å². The highest BCUT2D eigenvalue weighted by Gasteiger charge is 2.55. The fraction of sp³-hybridized carbons (Fsp3) is 0.909. The molecule has 120 valence electrons. The van der Waals surface area contributed by atoms with E-state index in [1.165, 1.54) is 7.05 Å². The molecular weight excluding hydrogens is 286 g/mol. The van der Waals surface area contributed by atoms with Crippen LogP contribution in [0.1, 0.15) is 13.8 Å². The Balaban J connectivity index is 1.86. The highest BCUT2D eigenvalue weighted by molar-refractivity contribution is 5.73. The topological polar surface area (TPSA) is 130 Å². The maximum atomic E-state index is 11.3. The molecule has 0 unspecified atom stereocenters. The molecule has 0 radical (unpaired) electrons. The van der Waals surface area contributed by atoms with Gasteiger partial charge >= 0.3 is 6.03 Å². The second-order valence-corrected chi connectivity index (χ2v) is 5.42. The molecule has 10 heteroatoms. The van der Waals surface area contributed by atoms with Crippen molar-refractivity contribution in [3.63, 3.8) is 0 Å². The number of rotatable bonds is 4. The summed E-state index contributed by atoms with van der Waals surface area (Å²) >= 11 is 0. The summed E-state index contributed by atoms with van der Waals surface area (Å²) in [6.07, 6.45) is -4.72. The van der Waals surface area contributed by atoms with Gasteiger partial charge in [-0.05, 0) is 13.8 Å². The summed E-state index contributed by atoms with van der Waals surface area (Å²) in [5, 5.41) is 25.3. The lowest BCUT2D eigenvalue weighted by molar-refractivity contribution is -0.225. The Morgan fingerprint density at radius 3 is 2.71 bits per heavy atom. The van der Waals surface area contributed by atoms with E-state index >= 15 is 0 Å². The van der Waals surface area contributed by atoms with E-state index in [9.17, 15) is 19.9 Å². The molecule has 10 nitrogen and oxygen atoms in total. The minimum absolute atomic E-state index is 0.219. The number of hydrogen-bond donors (Lipinski definition) is 3. The molecule has 2 aliphatic rings. The molecule has 0 aromatic carbocycles. The van der Waals surface area contributed by atoms with Gasteiger partial charge in [-0.25, -0.2) is 4.79 Å². The molecule has 3 N–H and O–H groups in total. The largest absolute Gasteiger partial charge is 0.388 e. The molecule has 0 aliphatic carbocycles. The molecule has 0 spiro atoms. The summed E-state index contributed by atoms with van der Waals surface area (Å²) in [4.78, 5) is 21.5. The molecule has 21 heavy (non-hydrogen) atoms. The average Bonchev–Trinajstić information content (AvgIpc) is 2.88. The number of carbonyl (C=O) groups is 1. The summed E-state index contributed by atoms with van der Waals surface area (Å²) < 4.78 is 16.3. The van der Waals surface area contributed by atoms with Gasteiger partial charge in [-0.3, -0.25) is 0 Å². The van der Waals surface area contributed by atoms with Gasteiger partial charge in [0.05, 0.1) is 5.29 Å². The van der Waals surface area contributed by atoms with Crippen LogP contribution < -0.4 is 5.32 Å². The highest BCUT2D eigenvalue weighted by Crippen LogP contribution is 2.38. The third-order valence-corrected chi connectivity index (χ3v) is 3.31. The van der Waals surface area contributed by atoms with Crippen LogP contribution in [0.5, 0.6) is 0 Å². The third-order valence-electron chi connectivity index (χ3n) is 3.31. The Morgan fingerprint density at radius 2 is 2.14 bits per heavy atom. The van der Waals surface area contributed by atoms with E-state index in [0.717, 1.165) is 0 Å². The summed E-state index contributed by atoms with van der Waals surface area (Å²) in [5.41, 5.74) is 0. The number of aliphatic hydroxyl groups is 2. The van der Waals surface area contributed by atoms with Crippen LogP contribution in [-0.4, -0.2) is 71.3 Å². The van der Waals surface area contributed by atoms with Gasteiger partial charge in [-0.15, -0.1) is 4.91 Å². The van der Waals surface area contributed by atoms with Crippen LogP contribution in [0.4, 0.5) is 4.79 Å². The highest BCUT2D eigenvalue weighted by atomic mass is 16.8. The normalized spacial score (nSPS) is 35.1. The van der Waals surface area contributed by atoms with Crippen LogP contribution in [0.2, 0.25) is 0 Å². The van der Waals surface area contributed by atoms with Crippen molar-refractivity contribution in [1.29, 1.82) is 0 Å². The Hall–Kier alpha value is -1.33. The number of aliphatic hydroxyl groups excluding tert-OH is 2. The van der Waals surface area contributed by atoms with Crippen molar-refractivity contribution in [3.8, 4) is 0 Å². The number of nitrogens with zero attached hydrogens (tertiary/aromatic N) is 2. The third kappa shape index (κ3) is 3.30. The maximum absolute atomic E-state index is 11.3. The fourth-order valence-corrected chi connectivity index (χ4v) is 2.29. The minimum atomic E-state index is -1.19. The van der Waals surface area contributed by atoms with Crippen LogP contribution >= 0.6 is 0 Å². The zero-order chi connectivity index (χ0) is 15.8. The number of urea groups is 1. The first kappa shape index (κ1) is 16.0. The Labute approximate surface area is 120 Å².